The van der Waals surface area contributed by atoms with Gasteiger partial charge in [0.2, 0.25) is 5.01 Å². The average molecular weight is 399 g/mol. The second kappa shape index (κ2) is 8.93. The normalized spacial score (nSPS) is 10.7. The van der Waals surface area contributed by atoms with E-state index in [1.165, 1.54) is 34.6 Å². The maximum Gasteiger partial charge on any atom is 0.282 e. The van der Waals surface area contributed by atoms with Crippen LogP contribution in [0.4, 0.5) is 10.1 Å². The Morgan fingerprint density at radius 2 is 1.79 bits per heavy atom. The fourth-order valence-electron chi connectivity index (χ4n) is 2.95. The number of amides is 1. The predicted molar refractivity (Wildman–Crippen MR) is 110 cm³/mol. The number of carbonyl (C=O) groups is 1. The fraction of sp³-hybridized carbons (Fsp3) is 0.286. The average Bonchev–Trinajstić information content (AvgIpc) is 3.13. The molecule has 0 spiro atoms. The Labute approximate surface area is 168 Å². The first kappa shape index (κ1) is 19.9. The van der Waals surface area contributed by atoms with E-state index in [0.717, 1.165) is 22.8 Å². The van der Waals surface area contributed by atoms with Crippen LogP contribution in [-0.2, 0) is 13.1 Å². The van der Waals surface area contributed by atoms with Crippen LogP contribution in [0.25, 0.3) is 0 Å². The van der Waals surface area contributed by atoms with E-state index < -0.39 is 0 Å². The maximum atomic E-state index is 12.9. The molecule has 5 nitrogen and oxygen atoms in total. The molecule has 3 aromatic rings. The molecule has 1 heterocycles. The Balaban J connectivity index is 1.63. The van der Waals surface area contributed by atoms with Crippen molar-refractivity contribution in [2.45, 2.75) is 33.9 Å². The summed E-state index contributed by atoms with van der Waals surface area (Å²) >= 11 is 1.29. The van der Waals surface area contributed by atoms with Crippen LogP contribution in [0.3, 0.4) is 0 Å². The summed E-state index contributed by atoms with van der Waals surface area (Å²) < 4.78 is 12.9. The summed E-state index contributed by atoms with van der Waals surface area (Å²) in [6.45, 7) is 8.00. The maximum absolute atomic E-state index is 12.9. The van der Waals surface area contributed by atoms with Crippen molar-refractivity contribution in [1.82, 2.24) is 15.5 Å². The van der Waals surface area contributed by atoms with Gasteiger partial charge in [-0.25, -0.2) is 4.39 Å². The van der Waals surface area contributed by atoms with Crippen LogP contribution >= 0.6 is 11.3 Å². The molecule has 0 aliphatic rings. The van der Waals surface area contributed by atoms with E-state index >= 15 is 0 Å². The summed E-state index contributed by atoms with van der Waals surface area (Å²) in [7, 11) is 0. The first-order valence-corrected chi connectivity index (χ1v) is 9.94. The molecule has 0 fully saturated rings. The van der Waals surface area contributed by atoms with E-state index in [-0.39, 0.29) is 11.7 Å². The summed E-state index contributed by atoms with van der Waals surface area (Å²) in [4.78, 5) is 14.5. The monoisotopic (exact) mass is 398 g/mol. The Kier molecular flexibility index (Phi) is 6.36. The highest BCUT2D eigenvalue weighted by atomic mass is 32.1. The van der Waals surface area contributed by atoms with Crippen molar-refractivity contribution in [3.63, 3.8) is 0 Å². The predicted octanol–water partition coefficient (Wildman–Crippen LogP) is 4.25. The van der Waals surface area contributed by atoms with Crippen molar-refractivity contribution in [3.8, 4) is 0 Å². The van der Waals surface area contributed by atoms with Crippen molar-refractivity contribution >= 4 is 22.9 Å². The van der Waals surface area contributed by atoms with E-state index in [4.69, 9.17) is 0 Å². The molecule has 146 valence electrons. The zero-order chi connectivity index (χ0) is 20.1. The van der Waals surface area contributed by atoms with Gasteiger partial charge < -0.3 is 10.2 Å². The second-order valence-corrected chi connectivity index (χ2v) is 7.73. The van der Waals surface area contributed by atoms with Crippen LogP contribution in [0.2, 0.25) is 0 Å². The van der Waals surface area contributed by atoms with Crippen molar-refractivity contribution in [2.24, 2.45) is 0 Å². The van der Waals surface area contributed by atoms with Crippen molar-refractivity contribution in [2.75, 3.05) is 11.4 Å². The minimum Gasteiger partial charge on any atom is -0.365 e. The van der Waals surface area contributed by atoms with Gasteiger partial charge in [0.05, 0.1) is 6.54 Å². The zero-order valence-corrected chi connectivity index (χ0v) is 17.0. The minimum absolute atomic E-state index is 0.275. The van der Waals surface area contributed by atoms with Gasteiger partial charge in [-0.15, -0.1) is 10.2 Å². The van der Waals surface area contributed by atoms with Gasteiger partial charge in [0.15, 0.2) is 0 Å². The molecule has 0 aliphatic heterocycles. The number of nitrogens with one attached hydrogen (secondary N) is 1. The molecule has 0 bridgehead atoms. The van der Waals surface area contributed by atoms with E-state index in [9.17, 15) is 9.18 Å². The van der Waals surface area contributed by atoms with Crippen LogP contribution < -0.4 is 10.2 Å². The highest BCUT2D eigenvalue weighted by Crippen LogP contribution is 2.22. The van der Waals surface area contributed by atoms with Gasteiger partial charge in [-0.3, -0.25) is 4.79 Å². The molecule has 0 saturated heterocycles. The number of halogens is 1. The molecule has 0 saturated carbocycles. The highest BCUT2D eigenvalue weighted by molar-refractivity contribution is 7.13. The number of rotatable bonds is 7. The Bertz CT molecular complexity index is 935. The Morgan fingerprint density at radius 1 is 1.11 bits per heavy atom. The van der Waals surface area contributed by atoms with Crippen LogP contribution in [0.1, 0.15) is 38.4 Å². The molecule has 1 aromatic heterocycles. The molecule has 2 aromatic carbocycles. The molecular formula is C21H23FN4OS. The third-order valence-corrected chi connectivity index (χ3v) is 5.21. The lowest BCUT2D eigenvalue weighted by Crippen LogP contribution is -2.22. The largest absolute Gasteiger partial charge is 0.365 e. The van der Waals surface area contributed by atoms with Crippen LogP contribution in [0.15, 0.2) is 42.5 Å². The number of carbonyl (C=O) groups excluding carboxylic acids is 1. The Morgan fingerprint density at radius 3 is 2.43 bits per heavy atom. The molecule has 0 aliphatic carbocycles. The van der Waals surface area contributed by atoms with Gasteiger partial charge in [0.25, 0.3) is 5.91 Å². The number of aryl methyl sites for hydroxylation is 2. The standard InChI is InChI=1S/C21H23FN4OS/c1-4-26(18-10-14(2)9-15(3)11-18)13-19-24-25-21(28-19)20(27)23-12-16-5-7-17(22)8-6-16/h5-11H,4,12-13H2,1-3H3,(H,23,27). The smallest absolute Gasteiger partial charge is 0.282 e. The van der Waals surface area contributed by atoms with Crippen LogP contribution in [-0.4, -0.2) is 22.6 Å². The summed E-state index contributed by atoms with van der Waals surface area (Å²) in [6.07, 6.45) is 0. The lowest BCUT2D eigenvalue weighted by atomic mass is 10.1. The third-order valence-electron chi connectivity index (χ3n) is 4.31. The third kappa shape index (κ3) is 5.13. The van der Waals surface area contributed by atoms with E-state index in [1.54, 1.807) is 12.1 Å². The molecule has 1 N–H and O–H groups in total. The second-order valence-electron chi connectivity index (χ2n) is 6.67. The van der Waals surface area contributed by atoms with Gasteiger partial charge in [-0.05, 0) is 61.7 Å². The van der Waals surface area contributed by atoms with Crippen LogP contribution in [0.5, 0.6) is 0 Å². The lowest BCUT2D eigenvalue weighted by Gasteiger charge is -2.22. The van der Waals surface area contributed by atoms with E-state index in [0.29, 0.717) is 18.1 Å². The number of hydrogen-bond donors (Lipinski definition) is 1. The first-order valence-electron chi connectivity index (χ1n) is 9.13. The lowest BCUT2D eigenvalue weighted by molar-refractivity contribution is 0.0950. The van der Waals surface area contributed by atoms with Gasteiger partial charge in [0, 0.05) is 18.8 Å². The summed E-state index contributed by atoms with van der Waals surface area (Å²) in [5.74, 6) is -0.573. The summed E-state index contributed by atoms with van der Waals surface area (Å²) in [6, 6.07) is 12.5. The summed E-state index contributed by atoms with van der Waals surface area (Å²) in [5, 5.41) is 12.1. The topological polar surface area (TPSA) is 58.1 Å². The number of hydrogen-bond acceptors (Lipinski definition) is 5. The molecule has 3 rings (SSSR count). The number of benzene rings is 2. The van der Waals surface area contributed by atoms with Crippen molar-refractivity contribution in [1.29, 1.82) is 0 Å². The molecule has 0 atom stereocenters. The molecule has 7 heteroatoms. The number of nitrogens with zero attached hydrogens (tertiary/aromatic N) is 3. The molecule has 0 radical (unpaired) electrons. The number of aromatic nitrogens is 2. The Hall–Kier alpha value is -2.80. The molecule has 28 heavy (non-hydrogen) atoms. The minimum atomic E-state index is -0.298. The quantitative estimate of drug-likeness (QED) is 0.646. The summed E-state index contributed by atoms with van der Waals surface area (Å²) in [5.41, 5.74) is 4.39. The van der Waals surface area contributed by atoms with E-state index in [1.807, 2.05) is 0 Å². The molecule has 1 amide bonds. The van der Waals surface area contributed by atoms with Gasteiger partial charge in [0.1, 0.15) is 10.8 Å². The highest BCUT2D eigenvalue weighted by Gasteiger charge is 2.15. The zero-order valence-electron chi connectivity index (χ0n) is 16.2. The molecular weight excluding hydrogens is 375 g/mol. The van der Waals surface area contributed by atoms with Gasteiger partial charge in [-0.1, -0.05) is 29.5 Å². The van der Waals surface area contributed by atoms with Crippen molar-refractivity contribution in [3.05, 3.63) is 75.0 Å². The van der Waals surface area contributed by atoms with Crippen LogP contribution in [0, 0.1) is 19.7 Å². The van der Waals surface area contributed by atoms with Crippen molar-refractivity contribution < 1.29 is 9.18 Å². The van der Waals surface area contributed by atoms with Gasteiger partial charge in [-0.2, -0.15) is 0 Å². The van der Waals surface area contributed by atoms with E-state index in [2.05, 4.69) is 59.4 Å². The van der Waals surface area contributed by atoms with Gasteiger partial charge >= 0.3 is 0 Å². The first-order chi connectivity index (χ1) is 13.4. The number of anilines is 1. The SMILES string of the molecule is CCN(Cc1nnc(C(=O)NCc2ccc(F)cc2)s1)c1cc(C)cc(C)c1. The fourth-order valence-corrected chi connectivity index (χ4v) is 3.72. The molecule has 0 unspecified atom stereocenters.